The zero-order valence-electron chi connectivity index (χ0n) is 29.7. The second-order valence-electron chi connectivity index (χ2n) is 12.6. The molecule has 1 unspecified atom stereocenters. The van der Waals surface area contributed by atoms with Crippen molar-refractivity contribution in [2.75, 3.05) is 0 Å². The van der Waals surface area contributed by atoms with Crippen LogP contribution in [0, 0.1) is 28.7 Å². The van der Waals surface area contributed by atoms with E-state index in [-0.39, 0.29) is 39.7 Å². The van der Waals surface area contributed by atoms with Crippen LogP contribution in [0.5, 0.6) is 0 Å². The van der Waals surface area contributed by atoms with Gasteiger partial charge in [-0.1, -0.05) is 134 Å². The number of aryl methyl sites for hydroxylation is 2. The summed E-state index contributed by atoms with van der Waals surface area (Å²) in [7, 11) is 0. The molecule has 8 aromatic rings. The number of rotatable bonds is 3. The Balaban J connectivity index is 0.000000246. The number of hydrogen-bond donors (Lipinski definition) is 0. The third kappa shape index (κ3) is 8.42. The van der Waals surface area contributed by atoms with E-state index in [4.69, 9.17) is 0 Å². The van der Waals surface area contributed by atoms with Crippen molar-refractivity contribution in [3.63, 3.8) is 0 Å². The van der Waals surface area contributed by atoms with Gasteiger partial charge in [0.15, 0.2) is 0 Å². The Hall–Kier alpha value is -3.52. The summed E-state index contributed by atoms with van der Waals surface area (Å²) < 4.78 is 0. The van der Waals surface area contributed by atoms with Gasteiger partial charge in [0.2, 0.25) is 0 Å². The van der Waals surface area contributed by atoms with Gasteiger partial charge in [0.1, 0.15) is 0 Å². The quantitative estimate of drug-likeness (QED) is 0.0949. The van der Waals surface area contributed by atoms with E-state index >= 15 is 0 Å². The van der Waals surface area contributed by atoms with E-state index in [0.717, 1.165) is 0 Å². The Morgan fingerprint density at radius 2 is 1.10 bits per heavy atom. The summed E-state index contributed by atoms with van der Waals surface area (Å²) in [6, 6.07) is 51.0. The summed E-state index contributed by atoms with van der Waals surface area (Å²) in [5.74, 6) is 0.595. The van der Waals surface area contributed by atoms with Crippen LogP contribution in [0.3, 0.4) is 0 Å². The number of halogens is 2. The molecule has 1 aliphatic rings. The van der Waals surface area contributed by atoms with Crippen LogP contribution in [-0.2, 0) is 23.3 Å². The van der Waals surface area contributed by atoms with Gasteiger partial charge in [-0.05, 0) is 51.4 Å². The first-order valence-corrected chi connectivity index (χ1v) is 20.6. The third-order valence-electron chi connectivity index (χ3n) is 9.62. The number of hydrogen-bond acceptors (Lipinski definition) is 0. The van der Waals surface area contributed by atoms with Crippen molar-refractivity contribution in [3.8, 4) is 22.3 Å². The Bertz CT molecular complexity index is 2390. The molecule has 0 aliphatic heterocycles. The molecule has 0 fully saturated rings. The fraction of sp³-hybridized carbons (Fsp3) is 0.106. The molecule has 9 rings (SSSR count). The van der Waals surface area contributed by atoms with Crippen molar-refractivity contribution in [2.24, 2.45) is 0 Å². The van der Waals surface area contributed by atoms with E-state index < -0.39 is 0 Å². The van der Waals surface area contributed by atoms with Gasteiger partial charge in [0.25, 0.3) is 0 Å². The van der Waals surface area contributed by atoms with E-state index in [0.29, 0.717) is 5.92 Å². The Labute approximate surface area is 333 Å². The maximum absolute atomic E-state index is 3.06. The first-order chi connectivity index (χ1) is 23.1. The predicted octanol–water partition coefficient (Wildman–Crippen LogP) is 14.2. The molecule has 0 saturated carbocycles. The van der Waals surface area contributed by atoms with Crippen molar-refractivity contribution in [1.82, 2.24) is 0 Å². The van der Waals surface area contributed by atoms with Gasteiger partial charge in [0, 0.05) is 0 Å². The summed E-state index contributed by atoms with van der Waals surface area (Å²) >= 11 is 1.36. The summed E-state index contributed by atoms with van der Waals surface area (Å²) in [5, 5.41) is 10.7. The van der Waals surface area contributed by atoms with E-state index in [2.05, 4.69) is 172 Å². The Kier molecular flexibility index (Phi) is 15.5. The fourth-order valence-corrected chi connectivity index (χ4v) is 7.36. The van der Waals surface area contributed by atoms with Gasteiger partial charge in [-0.3, -0.25) is 0 Å². The van der Waals surface area contributed by atoms with Gasteiger partial charge < -0.3 is 14.9 Å². The molecule has 0 saturated heterocycles. The maximum atomic E-state index is 3.06. The van der Waals surface area contributed by atoms with Crippen molar-refractivity contribution in [2.45, 2.75) is 32.6 Å². The molecule has 0 aromatic heterocycles. The normalized spacial score (nSPS) is 12.8. The molecule has 0 heterocycles. The van der Waals surface area contributed by atoms with Crippen LogP contribution in [0.2, 0.25) is 0 Å². The van der Waals surface area contributed by atoms with Crippen LogP contribution in [0.15, 0.2) is 152 Å². The first kappa shape index (κ1) is 41.9. The molecule has 0 bridgehead atoms. The molecular weight excluding hydrogens is 755 g/mol. The van der Waals surface area contributed by atoms with E-state index in [1.54, 1.807) is 0 Å². The van der Waals surface area contributed by atoms with Crippen molar-refractivity contribution < 1.29 is 23.3 Å². The second-order valence-corrected chi connectivity index (χ2v) is 12.6. The monoisotopic (exact) mass is 796 g/mol. The van der Waals surface area contributed by atoms with E-state index in [1.165, 1.54) is 118 Å². The zero-order valence-corrected chi connectivity index (χ0v) is 34.8. The van der Waals surface area contributed by atoms with E-state index in [9.17, 15) is 0 Å². The van der Waals surface area contributed by atoms with Gasteiger partial charge in [0.05, 0.1) is 0 Å². The van der Waals surface area contributed by atoms with E-state index in [1.807, 2.05) is 0 Å². The topological polar surface area (TPSA) is 0 Å². The molecule has 258 valence electrons. The molecule has 1 aliphatic carbocycles. The van der Waals surface area contributed by atoms with Crippen molar-refractivity contribution in [3.05, 3.63) is 183 Å². The minimum absolute atomic E-state index is 0. The standard InChI is InChI=1S/C24H19.C21H17.2CH3.2ClH.Si.Zr/c1-2-8-17(7-1)20-15-19-11-6-14-23(24(19)16-20)22-13-5-10-18-9-3-4-12-21(18)22;1-14-12-20-15(2)10-11-19(21(20)13-14)18-9-5-7-16-6-3-4-8-17(16)18;;;;;;/h1,3-7,9-17H,2,8H2;3-13H,1-2H3;2*1H3;2*1H;;/q4*-1;;;;. The Morgan fingerprint density at radius 3 is 1.69 bits per heavy atom. The first-order valence-electron chi connectivity index (χ1n) is 16.4. The Morgan fingerprint density at radius 1 is 0.569 bits per heavy atom. The van der Waals surface area contributed by atoms with Crippen LogP contribution < -0.4 is 0 Å². The summed E-state index contributed by atoms with van der Waals surface area (Å²) in [6.07, 6.45) is 7.14. The molecule has 2 radical (unpaired) electrons. The summed E-state index contributed by atoms with van der Waals surface area (Å²) in [5.41, 5.74) is 9.48. The van der Waals surface area contributed by atoms with Crippen LogP contribution >= 0.6 is 24.8 Å². The predicted molar refractivity (Wildman–Crippen MR) is 229 cm³/mol. The van der Waals surface area contributed by atoms with Crippen LogP contribution in [0.4, 0.5) is 0 Å². The van der Waals surface area contributed by atoms with Crippen LogP contribution in [-0.4, -0.2) is 6.88 Å². The summed E-state index contributed by atoms with van der Waals surface area (Å²) in [6.45, 7) is 7.42. The van der Waals surface area contributed by atoms with Gasteiger partial charge in [-0.2, -0.15) is 12.1 Å². The van der Waals surface area contributed by atoms with Crippen LogP contribution in [0.1, 0.15) is 35.4 Å². The minimum atomic E-state index is 0. The van der Waals surface area contributed by atoms with Crippen LogP contribution in [0.25, 0.3) is 65.3 Å². The van der Waals surface area contributed by atoms with Gasteiger partial charge >= 0.3 is 30.2 Å². The number of fused-ring (bicyclic) bond motifs is 4. The molecular formula is C47H44Cl2SiZr-4. The van der Waals surface area contributed by atoms with Gasteiger partial charge in [-0.15, -0.1) is 93.4 Å². The SMILES string of the molecule is C1=CC(c2cc3c(-c4cccc5ccccc45)cccc3[cH-]2)CC1.Cc1cc2c(-c3cccc4ccccc34)ccc(C)c2[cH-]1.Cl.Cl.[CH3-].[CH3-].[Si]=[Zr]. The average molecular weight is 799 g/mol. The molecule has 1 atom stereocenters. The molecule has 0 spiro atoms. The molecule has 8 aromatic carbocycles. The number of allylic oxidation sites excluding steroid dienone is 2. The molecule has 0 nitrogen and oxygen atoms in total. The van der Waals surface area contributed by atoms with Crippen molar-refractivity contribution in [1.29, 1.82) is 0 Å². The summed E-state index contributed by atoms with van der Waals surface area (Å²) in [4.78, 5) is 0. The zero-order chi connectivity index (χ0) is 32.3. The fourth-order valence-electron chi connectivity index (χ4n) is 7.36. The average Bonchev–Trinajstić information content (AvgIpc) is 3.90. The molecule has 0 amide bonds. The molecule has 51 heavy (non-hydrogen) atoms. The molecule has 0 N–H and O–H groups in total. The van der Waals surface area contributed by atoms with Gasteiger partial charge in [-0.25, -0.2) is 0 Å². The van der Waals surface area contributed by atoms with Crippen molar-refractivity contribution >= 4 is 74.8 Å². The molecule has 4 heteroatoms. The number of benzene rings is 6. The second kappa shape index (κ2) is 18.8. The third-order valence-corrected chi connectivity index (χ3v) is 9.62.